The Morgan fingerprint density at radius 1 is 1.00 bits per heavy atom. The lowest BCUT2D eigenvalue weighted by molar-refractivity contribution is -0.0576. The molecule has 0 spiro atoms. The smallest absolute Gasteiger partial charge is 0.0577 e. The average molecular weight is 413 g/mol. The maximum Gasteiger partial charge on any atom is 0.0577 e. The van der Waals surface area contributed by atoms with Crippen LogP contribution in [0.4, 0.5) is 0 Å². The first-order valence-corrected chi connectivity index (χ1v) is 13.2. The predicted octanol–water partition coefficient (Wildman–Crippen LogP) is 7.80. The Morgan fingerprint density at radius 3 is 2.50 bits per heavy atom. The van der Waals surface area contributed by atoms with Crippen molar-refractivity contribution in [3.05, 3.63) is 23.8 Å². The van der Waals surface area contributed by atoms with Crippen LogP contribution in [0.5, 0.6) is 0 Å². The minimum Gasteiger partial charge on any atom is -0.393 e. The highest BCUT2D eigenvalue weighted by Crippen LogP contribution is 2.67. The van der Waals surface area contributed by atoms with E-state index >= 15 is 0 Å². The van der Waals surface area contributed by atoms with Crippen molar-refractivity contribution in [1.29, 1.82) is 0 Å². The zero-order valence-electron chi connectivity index (χ0n) is 20.7. The molecular weight excluding hydrogens is 364 g/mol. The highest BCUT2D eigenvalue weighted by atomic mass is 16.3. The lowest BCUT2D eigenvalue weighted by atomic mass is 9.47. The Balaban J connectivity index is 1.49. The Bertz CT molecular complexity index is 674. The van der Waals surface area contributed by atoms with Gasteiger partial charge in [-0.1, -0.05) is 65.3 Å². The van der Waals surface area contributed by atoms with E-state index in [0.717, 1.165) is 42.4 Å². The van der Waals surface area contributed by atoms with E-state index in [1.165, 1.54) is 44.9 Å². The van der Waals surface area contributed by atoms with Gasteiger partial charge < -0.3 is 5.11 Å². The van der Waals surface area contributed by atoms with E-state index in [-0.39, 0.29) is 6.10 Å². The molecule has 0 aromatic heterocycles. The molecule has 1 nitrogen and oxygen atoms in total. The number of aliphatic hydroxyl groups excluding tert-OH is 1. The maximum atomic E-state index is 10.2. The summed E-state index contributed by atoms with van der Waals surface area (Å²) in [7, 11) is 0. The summed E-state index contributed by atoms with van der Waals surface area (Å²) >= 11 is 0. The summed E-state index contributed by atoms with van der Waals surface area (Å²) in [6, 6.07) is 0. The molecule has 4 rings (SSSR count). The fraction of sp³-hybridized carbons (Fsp3) is 0.862. The quantitative estimate of drug-likeness (QED) is 0.457. The van der Waals surface area contributed by atoms with E-state index in [1.807, 2.05) is 0 Å². The van der Waals surface area contributed by atoms with E-state index in [4.69, 9.17) is 0 Å². The van der Waals surface area contributed by atoms with Crippen LogP contribution >= 0.6 is 0 Å². The Kier molecular flexibility index (Phi) is 6.35. The molecule has 9 atom stereocenters. The first-order valence-electron chi connectivity index (χ1n) is 13.2. The Hall–Kier alpha value is -0.560. The topological polar surface area (TPSA) is 20.2 Å². The number of allylic oxidation sites excluding steroid dienone is 3. The summed E-state index contributed by atoms with van der Waals surface area (Å²) in [5.74, 6) is 5.79. The normalized spacial score (nSPS) is 45.6. The number of rotatable bonds is 5. The fourth-order valence-corrected chi connectivity index (χ4v) is 8.86. The van der Waals surface area contributed by atoms with Crippen LogP contribution in [-0.2, 0) is 0 Å². The fourth-order valence-electron chi connectivity index (χ4n) is 8.86. The van der Waals surface area contributed by atoms with Crippen LogP contribution in [0.15, 0.2) is 23.8 Å². The van der Waals surface area contributed by atoms with Gasteiger partial charge in [0.1, 0.15) is 0 Å². The molecule has 0 heterocycles. The van der Waals surface area contributed by atoms with Gasteiger partial charge in [-0.15, -0.1) is 0 Å². The van der Waals surface area contributed by atoms with Crippen LogP contribution in [0.3, 0.4) is 0 Å². The van der Waals surface area contributed by atoms with E-state index in [0.29, 0.717) is 22.7 Å². The molecule has 0 amide bonds. The molecule has 0 aromatic rings. The molecule has 0 aromatic carbocycles. The molecule has 1 N–H and O–H groups in total. The second-order valence-electron chi connectivity index (χ2n) is 12.7. The molecule has 30 heavy (non-hydrogen) atoms. The molecule has 170 valence electrons. The van der Waals surface area contributed by atoms with Crippen LogP contribution in [-0.4, -0.2) is 11.2 Å². The minimum absolute atomic E-state index is 0.0850. The Morgan fingerprint density at radius 2 is 1.77 bits per heavy atom. The van der Waals surface area contributed by atoms with Crippen molar-refractivity contribution in [2.45, 2.75) is 105 Å². The molecule has 4 aliphatic carbocycles. The first-order chi connectivity index (χ1) is 14.1. The van der Waals surface area contributed by atoms with Crippen LogP contribution in [0.25, 0.3) is 0 Å². The molecule has 0 bridgehead atoms. The third kappa shape index (κ3) is 3.87. The zero-order chi connectivity index (χ0) is 21.7. The van der Waals surface area contributed by atoms with Crippen molar-refractivity contribution in [3.8, 4) is 0 Å². The summed E-state index contributed by atoms with van der Waals surface area (Å²) in [6.07, 6.45) is 19.0. The molecule has 3 saturated carbocycles. The SMILES string of the molecule is CC(C)C=CC(C)CC(C)C1CCC2C3CC=C4CC(O)CCC4(C)C3CCC12C. The predicted molar refractivity (Wildman–Crippen MR) is 128 cm³/mol. The van der Waals surface area contributed by atoms with E-state index in [9.17, 15) is 5.11 Å². The molecule has 0 radical (unpaired) electrons. The van der Waals surface area contributed by atoms with Gasteiger partial charge in [-0.05, 0) is 110 Å². The summed E-state index contributed by atoms with van der Waals surface area (Å²) in [6.45, 7) is 14.8. The minimum atomic E-state index is -0.0850. The van der Waals surface area contributed by atoms with Crippen molar-refractivity contribution in [1.82, 2.24) is 0 Å². The number of hydrogen-bond donors (Lipinski definition) is 1. The van der Waals surface area contributed by atoms with Crippen molar-refractivity contribution in [2.75, 3.05) is 0 Å². The number of aliphatic hydroxyl groups is 1. The van der Waals surface area contributed by atoms with Gasteiger partial charge in [-0.3, -0.25) is 0 Å². The van der Waals surface area contributed by atoms with Crippen molar-refractivity contribution >= 4 is 0 Å². The lowest BCUT2D eigenvalue weighted by Crippen LogP contribution is -2.50. The monoisotopic (exact) mass is 412 g/mol. The standard InChI is InChI=1S/C29H48O/c1-19(2)7-8-20(3)17-21(4)25-11-12-26-24-10-9-22-18-23(30)13-15-28(22,5)27(24)14-16-29(25,26)6/h7-9,19-21,23-27,30H,10-18H2,1-6H3. The molecular formula is C29H48O. The van der Waals surface area contributed by atoms with Crippen LogP contribution in [0.1, 0.15) is 99.3 Å². The second-order valence-corrected chi connectivity index (χ2v) is 12.7. The largest absolute Gasteiger partial charge is 0.393 e. The van der Waals surface area contributed by atoms with Gasteiger partial charge in [0.2, 0.25) is 0 Å². The summed E-state index contributed by atoms with van der Waals surface area (Å²) in [4.78, 5) is 0. The lowest BCUT2D eigenvalue weighted by Gasteiger charge is -2.58. The van der Waals surface area contributed by atoms with Gasteiger partial charge in [0.15, 0.2) is 0 Å². The zero-order valence-corrected chi connectivity index (χ0v) is 20.7. The van der Waals surface area contributed by atoms with Crippen molar-refractivity contribution in [3.63, 3.8) is 0 Å². The van der Waals surface area contributed by atoms with Gasteiger partial charge >= 0.3 is 0 Å². The van der Waals surface area contributed by atoms with Gasteiger partial charge in [-0.25, -0.2) is 0 Å². The summed E-state index contributed by atoms with van der Waals surface area (Å²) in [5.41, 5.74) is 2.54. The highest BCUT2D eigenvalue weighted by Gasteiger charge is 2.59. The molecule has 0 saturated heterocycles. The molecule has 1 heteroatoms. The average Bonchev–Trinajstić information content (AvgIpc) is 3.04. The molecule has 3 fully saturated rings. The van der Waals surface area contributed by atoms with Crippen molar-refractivity contribution in [2.24, 2.45) is 52.3 Å². The first kappa shape index (κ1) is 22.6. The van der Waals surface area contributed by atoms with E-state index in [1.54, 1.807) is 5.57 Å². The second kappa shape index (κ2) is 8.42. The summed E-state index contributed by atoms with van der Waals surface area (Å²) in [5, 5.41) is 10.2. The van der Waals surface area contributed by atoms with Crippen molar-refractivity contribution < 1.29 is 5.11 Å². The third-order valence-electron chi connectivity index (χ3n) is 10.4. The maximum absolute atomic E-state index is 10.2. The van der Waals surface area contributed by atoms with E-state index in [2.05, 4.69) is 59.8 Å². The van der Waals surface area contributed by atoms with E-state index < -0.39 is 0 Å². The molecule has 9 unspecified atom stereocenters. The van der Waals surface area contributed by atoms with Crippen LogP contribution < -0.4 is 0 Å². The van der Waals surface area contributed by atoms with Gasteiger partial charge in [0.05, 0.1) is 6.10 Å². The van der Waals surface area contributed by atoms with Gasteiger partial charge in [0, 0.05) is 0 Å². The molecule has 0 aliphatic heterocycles. The number of fused-ring (bicyclic) bond motifs is 5. The highest BCUT2D eigenvalue weighted by molar-refractivity contribution is 5.25. The van der Waals surface area contributed by atoms with Gasteiger partial charge in [0.25, 0.3) is 0 Å². The van der Waals surface area contributed by atoms with Crippen LogP contribution in [0.2, 0.25) is 0 Å². The third-order valence-corrected chi connectivity index (χ3v) is 10.4. The van der Waals surface area contributed by atoms with Gasteiger partial charge in [-0.2, -0.15) is 0 Å². The molecule has 4 aliphatic rings. The number of hydrogen-bond acceptors (Lipinski definition) is 1. The Labute approximate surface area is 186 Å². The summed E-state index contributed by atoms with van der Waals surface area (Å²) < 4.78 is 0. The van der Waals surface area contributed by atoms with Crippen LogP contribution in [0, 0.1) is 52.3 Å².